The molecule has 0 saturated heterocycles. The van der Waals surface area contributed by atoms with E-state index in [-0.39, 0.29) is 30.6 Å². The molecule has 0 saturated carbocycles. The number of carbonyl (C=O) groups excluding carboxylic acids is 4. The van der Waals surface area contributed by atoms with Crippen molar-refractivity contribution in [2.75, 3.05) is 11.9 Å². The van der Waals surface area contributed by atoms with Crippen LogP contribution in [0.3, 0.4) is 0 Å². The van der Waals surface area contributed by atoms with Gasteiger partial charge in [-0.15, -0.1) is 0 Å². The van der Waals surface area contributed by atoms with Crippen molar-refractivity contribution in [3.63, 3.8) is 0 Å². The lowest BCUT2D eigenvalue weighted by Crippen LogP contribution is -2.54. The first kappa shape index (κ1) is 36.6. The molecule has 0 spiro atoms. The third kappa shape index (κ3) is 12.1. The maximum atomic E-state index is 14.1. The van der Waals surface area contributed by atoms with Crippen LogP contribution >= 0.6 is 0 Å². The highest BCUT2D eigenvalue weighted by molar-refractivity contribution is 5.99. The quantitative estimate of drug-likeness (QED) is 0.157. The van der Waals surface area contributed by atoms with Crippen LogP contribution in [0.25, 0.3) is 10.9 Å². The number of amides is 4. The molecule has 1 heterocycles. The molecule has 0 fully saturated rings. The molecule has 0 bridgehead atoms. The van der Waals surface area contributed by atoms with Crippen LogP contribution in [0.1, 0.15) is 59.9 Å². The highest BCUT2D eigenvalue weighted by Gasteiger charge is 2.29. The Morgan fingerprint density at radius 3 is 2.06 bits per heavy atom. The number of pyridine rings is 1. The summed E-state index contributed by atoms with van der Waals surface area (Å²) in [5.74, 6) is -6.21. The summed E-state index contributed by atoms with van der Waals surface area (Å²) in [6.07, 6.45) is -0.432. The van der Waals surface area contributed by atoms with Crippen molar-refractivity contribution in [2.24, 2.45) is 0 Å². The van der Waals surface area contributed by atoms with Crippen molar-refractivity contribution in [3.05, 3.63) is 71.7 Å². The average molecular weight is 660 g/mol. The number of hydrogen-bond acceptors (Lipinski definition) is 7. The van der Waals surface area contributed by atoms with Gasteiger partial charge in [-0.2, -0.15) is 0 Å². The third-order valence-corrected chi connectivity index (χ3v) is 6.32. The summed E-state index contributed by atoms with van der Waals surface area (Å²) in [6, 6.07) is 7.55. The molecule has 3 aromatic rings. The van der Waals surface area contributed by atoms with Crippen LogP contribution in [0.4, 0.5) is 28.4 Å². The van der Waals surface area contributed by atoms with E-state index in [2.05, 4.69) is 26.3 Å². The molecule has 2 aromatic carbocycles. The van der Waals surface area contributed by atoms with E-state index in [0.29, 0.717) is 5.52 Å². The zero-order valence-corrected chi connectivity index (χ0v) is 27.1. The molecule has 254 valence electrons. The SMILES string of the molecule is CC(C)(C)OC(=O)NCCC[C@H](NC(=O)OC(C)(C)C)C(=O)N[C@@H](Cc1cc(F)c(F)c(F)c1)C(=O)Nc1cnc2ccccc2c1. The Morgan fingerprint density at radius 1 is 0.809 bits per heavy atom. The summed E-state index contributed by atoms with van der Waals surface area (Å²) < 4.78 is 52.3. The number of nitrogens with zero attached hydrogens (tertiary/aromatic N) is 1. The van der Waals surface area contributed by atoms with Gasteiger partial charge >= 0.3 is 12.2 Å². The number of aromatic nitrogens is 1. The van der Waals surface area contributed by atoms with Crippen molar-refractivity contribution < 1.29 is 41.8 Å². The van der Waals surface area contributed by atoms with Crippen LogP contribution in [0, 0.1) is 17.5 Å². The topological polar surface area (TPSA) is 148 Å². The number of benzene rings is 2. The second kappa shape index (κ2) is 15.6. The van der Waals surface area contributed by atoms with Gasteiger partial charge in [-0.1, -0.05) is 18.2 Å². The van der Waals surface area contributed by atoms with Gasteiger partial charge in [0.05, 0.1) is 17.4 Å². The number of para-hydroxylation sites is 1. The van der Waals surface area contributed by atoms with Gasteiger partial charge in [0.25, 0.3) is 0 Å². The van der Waals surface area contributed by atoms with Crippen molar-refractivity contribution >= 4 is 40.6 Å². The van der Waals surface area contributed by atoms with Gasteiger partial charge in [-0.3, -0.25) is 14.6 Å². The van der Waals surface area contributed by atoms with E-state index in [1.165, 1.54) is 6.20 Å². The molecule has 14 heteroatoms. The molecule has 3 rings (SSSR count). The maximum absolute atomic E-state index is 14.1. The Bertz CT molecular complexity index is 1580. The lowest BCUT2D eigenvalue weighted by Gasteiger charge is -2.25. The summed E-state index contributed by atoms with van der Waals surface area (Å²) in [5, 5.41) is 10.9. The standard InChI is InChI=1S/C33H40F3N5O6/c1-32(2,3)46-30(44)37-13-9-12-25(41-31(45)47-33(4,5)6)28(42)40-26(16-19-14-22(34)27(36)23(35)15-19)29(43)39-21-17-20-10-7-8-11-24(20)38-18-21/h7-8,10-11,14-15,17-18,25-26H,9,12-13,16H2,1-6H3,(H,37,44)(H,39,43)(H,40,42)(H,41,45)/t25-,26-/m0/s1. The van der Waals surface area contributed by atoms with Gasteiger partial charge in [0.2, 0.25) is 11.8 Å². The normalized spacial score (nSPS) is 12.9. The molecular weight excluding hydrogens is 619 g/mol. The molecule has 0 unspecified atom stereocenters. The number of alkyl carbamates (subject to hydrolysis) is 2. The monoisotopic (exact) mass is 659 g/mol. The van der Waals surface area contributed by atoms with E-state index in [1.807, 2.05) is 0 Å². The molecule has 0 aliphatic heterocycles. The number of rotatable bonds is 11. The van der Waals surface area contributed by atoms with Gasteiger partial charge < -0.3 is 30.7 Å². The molecule has 4 N–H and O–H groups in total. The summed E-state index contributed by atoms with van der Waals surface area (Å²) >= 11 is 0. The second-order valence-electron chi connectivity index (χ2n) is 12.8. The van der Waals surface area contributed by atoms with Crippen molar-refractivity contribution in [3.8, 4) is 0 Å². The number of nitrogens with one attached hydrogen (secondary N) is 4. The molecule has 47 heavy (non-hydrogen) atoms. The van der Waals surface area contributed by atoms with Crippen LogP contribution in [0.15, 0.2) is 48.7 Å². The summed E-state index contributed by atoms with van der Waals surface area (Å²) in [5.41, 5.74) is -0.779. The molecule has 4 amide bonds. The lowest BCUT2D eigenvalue weighted by atomic mass is 10.0. The first-order valence-corrected chi connectivity index (χ1v) is 15.0. The minimum absolute atomic E-state index is 0.0103. The second-order valence-corrected chi connectivity index (χ2v) is 12.8. The fraction of sp³-hybridized carbons (Fsp3) is 0.424. The van der Waals surface area contributed by atoms with Crippen LogP contribution in [-0.4, -0.2) is 58.8 Å². The number of hydrogen-bond donors (Lipinski definition) is 4. The Hall–Kier alpha value is -4.88. The van der Waals surface area contributed by atoms with E-state index < -0.39 is 71.2 Å². The smallest absolute Gasteiger partial charge is 0.408 e. The van der Waals surface area contributed by atoms with Gasteiger partial charge in [0, 0.05) is 18.4 Å². The van der Waals surface area contributed by atoms with Gasteiger partial charge in [0.1, 0.15) is 23.3 Å². The van der Waals surface area contributed by atoms with E-state index >= 15 is 0 Å². The zero-order chi connectivity index (χ0) is 34.9. The molecule has 1 aromatic heterocycles. The summed E-state index contributed by atoms with van der Waals surface area (Å²) in [4.78, 5) is 56.1. The lowest BCUT2D eigenvalue weighted by molar-refractivity contribution is -0.128. The molecule has 0 aliphatic carbocycles. The fourth-order valence-corrected chi connectivity index (χ4v) is 4.34. The zero-order valence-electron chi connectivity index (χ0n) is 27.1. The number of anilines is 1. The average Bonchev–Trinajstić information content (AvgIpc) is 2.95. The van der Waals surface area contributed by atoms with Gasteiger partial charge in [-0.05, 0) is 84.2 Å². The van der Waals surface area contributed by atoms with Crippen LogP contribution in [0.5, 0.6) is 0 Å². The van der Waals surface area contributed by atoms with Gasteiger partial charge in [0.15, 0.2) is 17.5 Å². The Kier molecular flexibility index (Phi) is 12.1. The summed E-state index contributed by atoms with van der Waals surface area (Å²) in [6.45, 7) is 10.1. The van der Waals surface area contributed by atoms with Crippen molar-refractivity contribution in [1.82, 2.24) is 20.9 Å². The molecule has 0 aliphatic rings. The minimum Gasteiger partial charge on any atom is -0.444 e. The predicted octanol–water partition coefficient (Wildman–Crippen LogP) is 5.52. The van der Waals surface area contributed by atoms with Crippen molar-refractivity contribution in [1.29, 1.82) is 0 Å². The Morgan fingerprint density at radius 2 is 1.43 bits per heavy atom. The first-order chi connectivity index (χ1) is 21.9. The van der Waals surface area contributed by atoms with E-state index in [4.69, 9.17) is 9.47 Å². The maximum Gasteiger partial charge on any atom is 0.408 e. The molecule has 11 nitrogen and oxygen atoms in total. The molecule has 2 atom stereocenters. The van der Waals surface area contributed by atoms with E-state index in [9.17, 15) is 32.3 Å². The van der Waals surface area contributed by atoms with Crippen LogP contribution in [-0.2, 0) is 25.5 Å². The number of carbonyl (C=O) groups is 4. The molecule has 0 radical (unpaired) electrons. The Balaban J connectivity index is 1.83. The minimum atomic E-state index is -1.68. The van der Waals surface area contributed by atoms with Gasteiger partial charge in [-0.25, -0.2) is 22.8 Å². The summed E-state index contributed by atoms with van der Waals surface area (Å²) in [7, 11) is 0. The van der Waals surface area contributed by atoms with Crippen LogP contribution < -0.4 is 21.3 Å². The Labute approximate surface area is 271 Å². The third-order valence-electron chi connectivity index (χ3n) is 6.32. The predicted molar refractivity (Wildman–Crippen MR) is 169 cm³/mol. The number of fused-ring (bicyclic) bond motifs is 1. The van der Waals surface area contributed by atoms with Crippen molar-refractivity contribution in [2.45, 2.75) is 84.1 Å². The van der Waals surface area contributed by atoms with E-state index in [0.717, 1.165) is 17.5 Å². The number of halogens is 3. The fourth-order valence-electron chi connectivity index (χ4n) is 4.34. The van der Waals surface area contributed by atoms with E-state index in [1.54, 1.807) is 71.9 Å². The largest absolute Gasteiger partial charge is 0.444 e. The number of ether oxygens (including phenoxy) is 2. The van der Waals surface area contributed by atoms with Crippen LogP contribution in [0.2, 0.25) is 0 Å². The first-order valence-electron chi connectivity index (χ1n) is 15.0. The highest BCUT2D eigenvalue weighted by atomic mass is 19.2. The highest BCUT2D eigenvalue weighted by Crippen LogP contribution is 2.19. The molecular formula is C33H40F3N5O6.